The van der Waals surface area contributed by atoms with Gasteiger partial charge in [-0.05, 0) is 35.9 Å². The zero-order valence-electron chi connectivity index (χ0n) is 19.6. The maximum atomic E-state index is 12.9. The van der Waals surface area contributed by atoms with Crippen LogP contribution in [0.3, 0.4) is 0 Å². The third-order valence-corrected chi connectivity index (χ3v) is 6.71. The molecule has 0 aliphatic rings. The summed E-state index contributed by atoms with van der Waals surface area (Å²) in [7, 11) is 2.49. The van der Waals surface area contributed by atoms with Crippen LogP contribution in [0.15, 0.2) is 71.6 Å². The van der Waals surface area contributed by atoms with Crippen LogP contribution < -0.4 is 18.9 Å². The predicted molar refractivity (Wildman–Crippen MR) is 129 cm³/mol. The molecule has 0 saturated heterocycles. The molecule has 9 heteroatoms. The summed E-state index contributed by atoms with van der Waals surface area (Å²) in [6.45, 7) is 0.408. The van der Waals surface area contributed by atoms with Gasteiger partial charge >= 0.3 is 0 Å². The van der Waals surface area contributed by atoms with Gasteiger partial charge < -0.3 is 19.1 Å². The second-order valence-corrected chi connectivity index (χ2v) is 9.22. The van der Waals surface area contributed by atoms with E-state index in [9.17, 15) is 13.2 Å². The number of hydrogen-bond donors (Lipinski definition) is 1. The molecule has 3 rings (SSSR count). The normalized spacial score (nSPS) is 11.1. The molecule has 34 heavy (non-hydrogen) atoms. The Kier molecular flexibility index (Phi) is 8.14. The van der Waals surface area contributed by atoms with Gasteiger partial charge in [-0.25, -0.2) is 13.1 Å². The number of rotatable bonds is 10. The number of sulfonamides is 1. The second kappa shape index (κ2) is 11.0. The van der Waals surface area contributed by atoms with Gasteiger partial charge in [0.1, 0.15) is 10.6 Å². The Morgan fingerprint density at radius 2 is 1.50 bits per heavy atom. The number of hydrogen-bond acceptors (Lipinski definition) is 6. The first kappa shape index (κ1) is 25.1. The van der Waals surface area contributed by atoms with Crippen molar-refractivity contribution in [1.82, 2.24) is 9.62 Å². The molecule has 0 spiro atoms. The van der Waals surface area contributed by atoms with Gasteiger partial charge in [0.2, 0.25) is 10.0 Å². The molecule has 8 nitrogen and oxygen atoms in total. The first-order valence-electron chi connectivity index (χ1n) is 10.5. The maximum Gasteiger partial charge on any atom is 0.253 e. The summed E-state index contributed by atoms with van der Waals surface area (Å²) in [6.07, 6.45) is 0. The third kappa shape index (κ3) is 5.67. The number of benzene rings is 3. The Hall–Kier alpha value is -3.56. The lowest BCUT2D eigenvalue weighted by Crippen LogP contribution is -2.26. The highest BCUT2D eigenvalue weighted by Gasteiger charge is 2.19. The standard InChI is InChI=1S/C25H28N2O6S/c1-27(17-20-8-7-10-22(32-3)24(20)33-4)25(28)19-14-12-18(13-15-19)16-26-34(29,30)23-11-6-5-9-21(23)31-2/h5-15,26H,16-17H2,1-4H3. The maximum absolute atomic E-state index is 12.9. The number of ether oxygens (including phenoxy) is 3. The Bertz CT molecular complexity index is 1240. The van der Waals surface area contributed by atoms with Gasteiger partial charge in [0, 0.05) is 31.3 Å². The molecule has 1 N–H and O–H groups in total. The number of amides is 1. The fraction of sp³-hybridized carbons (Fsp3) is 0.240. The van der Waals surface area contributed by atoms with Crippen LogP contribution in [0.1, 0.15) is 21.5 Å². The monoisotopic (exact) mass is 484 g/mol. The summed E-state index contributed by atoms with van der Waals surface area (Å²) in [5, 5.41) is 0. The van der Waals surface area contributed by atoms with Crippen LogP contribution in [0.25, 0.3) is 0 Å². The molecule has 0 bridgehead atoms. The Balaban J connectivity index is 1.67. The van der Waals surface area contributed by atoms with Crippen molar-refractivity contribution in [2.75, 3.05) is 28.4 Å². The average molecular weight is 485 g/mol. The van der Waals surface area contributed by atoms with Crippen LogP contribution in [0.4, 0.5) is 0 Å². The van der Waals surface area contributed by atoms with Crippen molar-refractivity contribution in [2.24, 2.45) is 0 Å². The van der Waals surface area contributed by atoms with Crippen molar-refractivity contribution in [3.63, 3.8) is 0 Å². The summed E-state index contributed by atoms with van der Waals surface area (Å²) in [5.41, 5.74) is 2.02. The molecule has 0 atom stereocenters. The molecule has 0 aliphatic heterocycles. The predicted octanol–water partition coefficient (Wildman–Crippen LogP) is 3.46. The molecule has 0 fully saturated rings. The highest BCUT2D eigenvalue weighted by atomic mass is 32.2. The molecule has 3 aromatic carbocycles. The van der Waals surface area contributed by atoms with Crippen LogP contribution in [-0.2, 0) is 23.1 Å². The number of carbonyl (C=O) groups excluding carboxylic acids is 1. The van der Waals surface area contributed by atoms with E-state index in [4.69, 9.17) is 14.2 Å². The van der Waals surface area contributed by atoms with Gasteiger partial charge in [-0.3, -0.25) is 4.79 Å². The van der Waals surface area contributed by atoms with Crippen LogP contribution >= 0.6 is 0 Å². The fourth-order valence-electron chi connectivity index (χ4n) is 3.49. The van der Waals surface area contributed by atoms with Crippen LogP contribution in [0.5, 0.6) is 17.2 Å². The van der Waals surface area contributed by atoms with Gasteiger partial charge in [-0.1, -0.05) is 36.4 Å². The third-order valence-electron chi connectivity index (χ3n) is 5.26. The molecule has 0 aliphatic carbocycles. The summed E-state index contributed by atoms with van der Waals surface area (Å²) >= 11 is 0. The lowest BCUT2D eigenvalue weighted by atomic mass is 10.1. The zero-order chi connectivity index (χ0) is 24.7. The van der Waals surface area contributed by atoms with Crippen molar-refractivity contribution >= 4 is 15.9 Å². The molecular weight excluding hydrogens is 456 g/mol. The van der Waals surface area contributed by atoms with E-state index in [2.05, 4.69) is 4.72 Å². The molecule has 1 amide bonds. The summed E-state index contributed by atoms with van der Waals surface area (Å²) in [6, 6.07) is 18.7. The topological polar surface area (TPSA) is 94.2 Å². The van der Waals surface area contributed by atoms with Crippen molar-refractivity contribution in [2.45, 2.75) is 18.0 Å². The lowest BCUT2D eigenvalue weighted by Gasteiger charge is -2.20. The minimum Gasteiger partial charge on any atom is -0.495 e. The molecule has 3 aromatic rings. The number of para-hydroxylation sites is 2. The molecule has 180 valence electrons. The van der Waals surface area contributed by atoms with Crippen molar-refractivity contribution in [1.29, 1.82) is 0 Å². The zero-order valence-corrected chi connectivity index (χ0v) is 20.4. The highest BCUT2D eigenvalue weighted by molar-refractivity contribution is 7.89. The van der Waals surface area contributed by atoms with Crippen molar-refractivity contribution < 1.29 is 27.4 Å². The number of nitrogens with zero attached hydrogens (tertiary/aromatic N) is 1. The molecule has 0 saturated carbocycles. The van der Waals surface area contributed by atoms with Gasteiger partial charge in [0.05, 0.1) is 21.3 Å². The Morgan fingerprint density at radius 1 is 0.853 bits per heavy atom. The summed E-state index contributed by atoms with van der Waals surface area (Å²) < 4.78 is 43.8. The van der Waals surface area contributed by atoms with Crippen LogP contribution in [-0.4, -0.2) is 47.6 Å². The largest absolute Gasteiger partial charge is 0.495 e. The minimum absolute atomic E-state index is 0.0684. The van der Waals surface area contributed by atoms with Gasteiger partial charge in [0.25, 0.3) is 5.91 Å². The van der Waals surface area contributed by atoms with E-state index in [0.29, 0.717) is 29.2 Å². The molecule has 0 radical (unpaired) electrons. The Labute approximate surface area is 200 Å². The summed E-state index contributed by atoms with van der Waals surface area (Å²) in [4.78, 5) is 14.6. The van der Waals surface area contributed by atoms with Gasteiger partial charge in [-0.15, -0.1) is 0 Å². The quantitative estimate of drug-likeness (QED) is 0.474. The average Bonchev–Trinajstić information content (AvgIpc) is 2.87. The van der Waals surface area contributed by atoms with Gasteiger partial charge in [0.15, 0.2) is 11.5 Å². The highest BCUT2D eigenvalue weighted by Crippen LogP contribution is 2.31. The molecule has 0 unspecified atom stereocenters. The number of carbonyl (C=O) groups is 1. The number of nitrogens with one attached hydrogen (secondary N) is 1. The van der Waals surface area contributed by atoms with E-state index in [0.717, 1.165) is 5.56 Å². The van der Waals surface area contributed by atoms with E-state index in [1.807, 2.05) is 12.1 Å². The first-order chi connectivity index (χ1) is 16.3. The molecular formula is C25H28N2O6S. The molecule has 0 aromatic heterocycles. The Morgan fingerprint density at radius 3 is 2.15 bits per heavy atom. The van der Waals surface area contributed by atoms with E-state index in [-0.39, 0.29) is 23.1 Å². The van der Waals surface area contributed by atoms with E-state index in [1.165, 1.54) is 13.2 Å². The van der Waals surface area contributed by atoms with Gasteiger partial charge in [-0.2, -0.15) is 0 Å². The lowest BCUT2D eigenvalue weighted by molar-refractivity contribution is 0.0784. The van der Waals surface area contributed by atoms with E-state index >= 15 is 0 Å². The second-order valence-electron chi connectivity index (χ2n) is 7.49. The van der Waals surface area contributed by atoms with E-state index < -0.39 is 10.0 Å². The molecule has 0 heterocycles. The van der Waals surface area contributed by atoms with Crippen LogP contribution in [0, 0.1) is 0 Å². The van der Waals surface area contributed by atoms with E-state index in [1.54, 1.807) is 74.7 Å². The number of methoxy groups -OCH3 is 3. The smallest absolute Gasteiger partial charge is 0.253 e. The summed E-state index contributed by atoms with van der Waals surface area (Å²) in [5.74, 6) is 1.28. The SMILES string of the molecule is COc1ccccc1S(=O)(=O)NCc1ccc(C(=O)N(C)Cc2cccc(OC)c2OC)cc1. The first-order valence-corrected chi connectivity index (χ1v) is 12.0. The minimum atomic E-state index is -3.76. The van der Waals surface area contributed by atoms with Crippen molar-refractivity contribution in [3.8, 4) is 17.2 Å². The van der Waals surface area contributed by atoms with Crippen LogP contribution in [0.2, 0.25) is 0 Å². The fourth-order valence-corrected chi connectivity index (χ4v) is 4.67. The van der Waals surface area contributed by atoms with Crippen molar-refractivity contribution in [3.05, 3.63) is 83.4 Å².